The number of hydrogen-bond acceptors (Lipinski definition) is 6. The normalized spacial score (nSPS) is 20.1. The number of benzene rings is 1. The molecule has 174 valence electrons. The number of hydrogen-bond donors (Lipinski definition) is 0. The summed E-state index contributed by atoms with van der Waals surface area (Å²) in [6, 6.07) is 5.54. The molecule has 0 N–H and O–H groups in total. The van der Waals surface area contributed by atoms with E-state index in [1.54, 1.807) is 18.5 Å². The Morgan fingerprint density at radius 1 is 1.06 bits per heavy atom. The van der Waals surface area contributed by atoms with E-state index < -0.39 is 9.84 Å². The third kappa shape index (κ3) is 5.09. The molecular weight excluding hydrogens is 436 g/mol. The number of allylic oxidation sites excluding steroid dienone is 2. The van der Waals surface area contributed by atoms with Crippen molar-refractivity contribution >= 4 is 21.2 Å². The van der Waals surface area contributed by atoms with E-state index in [-0.39, 0.29) is 29.3 Å². The molecule has 6 nitrogen and oxygen atoms in total. The Bertz CT molecular complexity index is 1170. The summed E-state index contributed by atoms with van der Waals surface area (Å²) in [5.74, 6) is 0.524. The van der Waals surface area contributed by atoms with E-state index in [2.05, 4.69) is 16.0 Å². The highest BCUT2D eigenvalue weighted by atomic mass is 32.2. The van der Waals surface area contributed by atoms with Crippen molar-refractivity contribution in [3.63, 3.8) is 0 Å². The molecule has 7 heteroatoms. The standard InChI is InChI=1S/C26H30N2O4S/c1-17-15-28-21(16-27-17)14-25(29)23(12-18-8-10-32-11-9-18)20-4-7-26(24(13-20)19-2-3-19)33(30,31)22-5-6-22/h4,7,12-13,15-16,18-19,22H,2-3,5-6,8-11,14H2,1H3/b23-12+. The van der Waals surface area contributed by atoms with E-state index in [4.69, 9.17) is 4.74 Å². The third-order valence-electron chi connectivity index (χ3n) is 6.75. The van der Waals surface area contributed by atoms with E-state index >= 15 is 0 Å². The highest BCUT2D eigenvalue weighted by Crippen LogP contribution is 2.46. The van der Waals surface area contributed by atoms with Gasteiger partial charge in [0.1, 0.15) is 0 Å². The first-order valence-corrected chi connectivity index (χ1v) is 13.4. The number of aromatic nitrogens is 2. The first kappa shape index (κ1) is 22.4. The highest BCUT2D eigenvalue weighted by Gasteiger charge is 2.40. The van der Waals surface area contributed by atoms with E-state index in [1.807, 2.05) is 19.1 Å². The van der Waals surface area contributed by atoms with Crippen molar-refractivity contribution in [1.29, 1.82) is 0 Å². The minimum atomic E-state index is -3.28. The molecule has 1 aromatic heterocycles. The Balaban J connectivity index is 1.51. The van der Waals surface area contributed by atoms with Crippen LogP contribution in [0.3, 0.4) is 0 Å². The molecule has 0 amide bonds. The van der Waals surface area contributed by atoms with Crippen molar-refractivity contribution in [2.75, 3.05) is 13.2 Å². The van der Waals surface area contributed by atoms with Crippen molar-refractivity contribution in [2.45, 2.75) is 67.9 Å². The molecule has 33 heavy (non-hydrogen) atoms. The van der Waals surface area contributed by atoms with Crippen LogP contribution < -0.4 is 0 Å². The minimum absolute atomic E-state index is 0.0146. The third-order valence-corrected chi connectivity index (χ3v) is 9.09. The molecule has 0 unspecified atom stereocenters. The summed E-state index contributed by atoms with van der Waals surface area (Å²) in [4.78, 5) is 22.6. The van der Waals surface area contributed by atoms with Crippen molar-refractivity contribution in [1.82, 2.24) is 9.97 Å². The van der Waals surface area contributed by atoms with Gasteiger partial charge in [-0.1, -0.05) is 12.1 Å². The number of rotatable bonds is 8. The first-order valence-electron chi connectivity index (χ1n) is 11.9. The quantitative estimate of drug-likeness (QED) is 0.542. The summed E-state index contributed by atoms with van der Waals surface area (Å²) < 4.78 is 31.6. The highest BCUT2D eigenvalue weighted by molar-refractivity contribution is 7.92. The van der Waals surface area contributed by atoms with Crippen LogP contribution in [0.25, 0.3) is 5.57 Å². The summed E-state index contributed by atoms with van der Waals surface area (Å²) in [7, 11) is -3.28. The Kier molecular flexibility index (Phi) is 6.18. The Morgan fingerprint density at radius 2 is 1.82 bits per heavy atom. The van der Waals surface area contributed by atoms with Crippen LogP contribution in [0.5, 0.6) is 0 Å². The van der Waals surface area contributed by atoms with Gasteiger partial charge in [0.15, 0.2) is 15.6 Å². The van der Waals surface area contributed by atoms with Gasteiger partial charge in [-0.3, -0.25) is 14.8 Å². The largest absolute Gasteiger partial charge is 0.381 e. The summed E-state index contributed by atoms with van der Waals surface area (Å²) in [6.45, 7) is 3.25. The molecule has 2 aliphatic carbocycles. The van der Waals surface area contributed by atoms with Gasteiger partial charge in [-0.25, -0.2) is 8.42 Å². The second-order valence-electron chi connectivity index (χ2n) is 9.55. The Hall–Kier alpha value is -2.38. The van der Waals surface area contributed by atoms with Crippen LogP contribution in [0.2, 0.25) is 0 Å². The predicted molar refractivity (Wildman–Crippen MR) is 126 cm³/mol. The number of sulfone groups is 1. The molecule has 0 bridgehead atoms. The lowest BCUT2D eigenvalue weighted by Gasteiger charge is -2.21. The van der Waals surface area contributed by atoms with Gasteiger partial charge in [0, 0.05) is 31.2 Å². The number of ketones is 1. The molecule has 0 spiro atoms. The molecule has 2 heterocycles. The fraction of sp³-hybridized carbons (Fsp3) is 0.500. The predicted octanol–water partition coefficient (Wildman–Crippen LogP) is 4.22. The molecule has 1 aromatic carbocycles. The smallest absolute Gasteiger partial charge is 0.181 e. The van der Waals surface area contributed by atoms with Gasteiger partial charge >= 0.3 is 0 Å². The van der Waals surface area contributed by atoms with E-state index in [0.717, 1.165) is 55.3 Å². The summed E-state index contributed by atoms with van der Waals surface area (Å²) >= 11 is 0. The monoisotopic (exact) mass is 466 g/mol. The topological polar surface area (TPSA) is 86.2 Å². The number of nitrogens with zero attached hydrogens (tertiary/aromatic N) is 2. The van der Waals surface area contributed by atoms with Crippen molar-refractivity contribution < 1.29 is 17.9 Å². The molecule has 0 radical (unpaired) electrons. The maximum absolute atomic E-state index is 13.5. The van der Waals surface area contributed by atoms with Crippen LogP contribution >= 0.6 is 0 Å². The van der Waals surface area contributed by atoms with Crippen LogP contribution in [0.15, 0.2) is 41.6 Å². The van der Waals surface area contributed by atoms with Crippen LogP contribution in [0.4, 0.5) is 0 Å². The molecule has 0 atom stereocenters. The number of carbonyl (C=O) groups is 1. The second kappa shape index (κ2) is 9.11. The molecule has 2 saturated carbocycles. The van der Waals surface area contributed by atoms with E-state index in [1.165, 1.54) is 0 Å². The van der Waals surface area contributed by atoms with Gasteiger partial charge in [0.25, 0.3) is 0 Å². The number of aryl methyl sites for hydroxylation is 1. The maximum Gasteiger partial charge on any atom is 0.181 e. The molecule has 1 aliphatic heterocycles. The molecule has 2 aromatic rings. The first-order chi connectivity index (χ1) is 15.9. The van der Waals surface area contributed by atoms with Gasteiger partial charge in [0.2, 0.25) is 0 Å². The number of carbonyl (C=O) groups excluding carboxylic acids is 1. The Morgan fingerprint density at radius 3 is 2.45 bits per heavy atom. The zero-order valence-electron chi connectivity index (χ0n) is 19.0. The summed E-state index contributed by atoms with van der Waals surface area (Å²) in [5, 5.41) is -0.236. The second-order valence-corrected chi connectivity index (χ2v) is 11.7. The number of Topliss-reactive ketones (excluding diaryl/α,β-unsaturated/α-hetero) is 1. The lowest BCUT2D eigenvalue weighted by atomic mass is 9.90. The molecule has 3 fully saturated rings. The van der Waals surface area contributed by atoms with E-state index in [0.29, 0.717) is 29.4 Å². The van der Waals surface area contributed by atoms with Crippen LogP contribution in [-0.2, 0) is 25.8 Å². The van der Waals surface area contributed by atoms with Crippen LogP contribution in [0, 0.1) is 12.8 Å². The summed E-state index contributed by atoms with van der Waals surface area (Å²) in [5.41, 5.74) is 3.80. The van der Waals surface area contributed by atoms with Gasteiger partial charge in [0.05, 0.1) is 28.0 Å². The number of ether oxygens (including phenoxy) is 1. The van der Waals surface area contributed by atoms with Gasteiger partial charge in [-0.05, 0) is 80.5 Å². The van der Waals surface area contributed by atoms with Crippen molar-refractivity contribution in [3.05, 3.63) is 59.2 Å². The fourth-order valence-electron chi connectivity index (χ4n) is 4.49. The van der Waals surface area contributed by atoms with Gasteiger partial charge in [-0.2, -0.15) is 0 Å². The molecule has 1 saturated heterocycles. The maximum atomic E-state index is 13.5. The van der Waals surface area contributed by atoms with Gasteiger partial charge < -0.3 is 4.74 Å². The molecule has 5 rings (SSSR count). The van der Waals surface area contributed by atoms with Gasteiger partial charge in [-0.15, -0.1) is 0 Å². The van der Waals surface area contributed by atoms with Crippen molar-refractivity contribution in [2.24, 2.45) is 5.92 Å². The minimum Gasteiger partial charge on any atom is -0.381 e. The molecule has 3 aliphatic rings. The Labute approximate surface area is 195 Å². The lowest BCUT2D eigenvalue weighted by Crippen LogP contribution is -2.16. The average Bonchev–Trinajstić information content (AvgIpc) is 3.72. The SMILES string of the molecule is Cc1cnc(CC(=O)/C(=C/C2CCOCC2)c2ccc(S(=O)(=O)C3CC3)c(C3CC3)c2)cn1. The lowest BCUT2D eigenvalue weighted by molar-refractivity contribution is -0.113. The fourth-order valence-corrected chi connectivity index (χ4v) is 6.41. The summed E-state index contributed by atoms with van der Waals surface area (Å²) in [6.07, 6.45) is 10.8. The zero-order chi connectivity index (χ0) is 23.0. The average molecular weight is 467 g/mol. The molecular formula is C26H30N2O4S. The van der Waals surface area contributed by atoms with Crippen LogP contribution in [-0.4, -0.2) is 42.6 Å². The van der Waals surface area contributed by atoms with Crippen molar-refractivity contribution in [3.8, 4) is 0 Å². The van der Waals surface area contributed by atoms with Crippen LogP contribution in [0.1, 0.15) is 67.0 Å². The van der Waals surface area contributed by atoms with E-state index in [9.17, 15) is 13.2 Å². The zero-order valence-corrected chi connectivity index (χ0v) is 19.8.